The molecule has 0 aliphatic carbocycles. The van der Waals surface area contributed by atoms with Crippen molar-refractivity contribution in [1.82, 2.24) is 0 Å². The lowest BCUT2D eigenvalue weighted by Gasteiger charge is -2.22. The van der Waals surface area contributed by atoms with E-state index in [2.05, 4.69) is 0 Å². The van der Waals surface area contributed by atoms with Crippen LogP contribution in [-0.2, 0) is 19.1 Å². The van der Waals surface area contributed by atoms with Gasteiger partial charge in [-0.1, -0.05) is 13.8 Å². The summed E-state index contributed by atoms with van der Waals surface area (Å²) in [5, 5.41) is 0. The second kappa shape index (κ2) is 4.37. The molecule has 0 unspecified atom stereocenters. The summed E-state index contributed by atoms with van der Waals surface area (Å²) in [6, 6.07) is 0. The molecule has 0 amide bonds. The average Bonchev–Trinajstić information content (AvgIpc) is 2.55. The van der Waals surface area contributed by atoms with Gasteiger partial charge in [-0.2, -0.15) is 0 Å². The van der Waals surface area contributed by atoms with Gasteiger partial charge in [0.15, 0.2) is 0 Å². The molecule has 0 radical (unpaired) electrons. The van der Waals surface area contributed by atoms with Crippen LogP contribution in [0.5, 0.6) is 0 Å². The first kappa shape index (κ1) is 11.3. The van der Waals surface area contributed by atoms with Crippen LogP contribution in [0.4, 0.5) is 0 Å². The molecule has 0 atom stereocenters. The van der Waals surface area contributed by atoms with Crippen LogP contribution < -0.4 is 0 Å². The number of carbonyl (C=O) groups excluding carboxylic acids is 2. The maximum Gasteiger partial charge on any atom is 0.342 e. The SMILES string of the molecule is CC(C)C1=C(C2CCOCC2)C(=O)OC1=O. The number of rotatable bonds is 2. The van der Waals surface area contributed by atoms with E-state index < -0.39 is 11.9 Å². The molecule has 0 aromatic carbocycles. The molecule has 2 heterocycles. The maximum atomic E-state index is 11.7. The first-order valence-electron chi connectivity index (χ1n) is 5.69. The Kier molecular flexibility index (Phi) is 3.10. The minimum absolute atomic E-state index is 0.0387. The van der Waals surface area contributed by atoms with Crippen molar-refractivity contribution in [3.05, 3.63) is 11.1 Å². The molecular formula is C12H16O4. The van der Waals surface area contributed by atoms with Crippen LogP contribution in [-0.4, -0.2) is 25.2 Å². The molecule has 1 fully saturated rings. The first-order chi connectivity index (χ1) is 7.61. The summed E-state index contributed by atoms with van der Waals surface area (Å²) in [4.78, 5) is 23.2. The molecule has 0 aromatic rings. The molecule has 0 N–H and O–H groups in total. The third-order valence-corrected chi connectivity index (χ3v) is 3.12. The summed E-state index contributed by atoms with van der Waals surface area (Å²) in [7, 11) is 0. The van der Waals surface area contributed by atoms with Gasteiger partial charge in [0.05, 0.1) is 11.1 Å². The van der Waals surface area contributed by atoms with Gasteiger partial charge in [0, 0.05) is 13.2 Å². The van der Waals surface area contributed by atoms with E-state index in [0.717, 1.165) is 12.8 Å². The topological polar surface area (TPSA) is 52.6 Å². The van der Waals surface area contributed by atoms with E-state index in [-0.39, 0.29) is 11.8 Å². The Balaban J connectivity index is 2.32. The van der Waals surface area contributed by atoms with Crippen LogP contribution in [0.15, 0.2) is 11.1 Å². The summed E-state index contributed by atoms with van der Waals surface area (Å²) < 4.78 is 9.97. The number of hydrogen-bond donors (Lipinski definition) is 0. The highest BCUT2D eigenvalue weighted by Crippen LogP contribution is 2.34. The van der Waals surface area contributed by atoms with E-state index in [0.29, 0.717) is 24.4 Å². The Morgan fingerprint density at radius 3 is 2.31 bits per heavy atom. The summed E-state index contributed by atoms with van der Waals surface area (Å²) >= 11 is 0. The number of carbonyl (C=O) groups is 2. The lowest BCUT2D eigenvalue weighted by atomic mass is 9.86. The van der Waals surface area contributed by atoms with Gasteiger partial charge in [0.25, 0.3) is 0 Å². The zero-order valence-electron chi connectivity index (χ0n) is 9.62. The maximum absolute atomic E-state index is 11.7. The average molecular weight is 224 g/mol. The third-order valence-electron chi connectivity index (χ3n) is 3.12. The lowest BCUT2D eigenvalue weighted by molar-refractivity contribution is -0.151. The highest BCUT2D eigenvalue weighted by Gasteiger charge is 2.38. The minimum Gasteiger partial charge on any atom is -0.386 e. The van der Waals surface area contributed by atoms with Crippen molar-refractivity contribution in [3.8, 4) is 0 Å². The van der Waals surface area contributed by atoms with Crippen LogP contribution in [0, 0.1) is 11.8 Å². The van der Waals surface area contributed by atoms with Crippen molar-refractivity contribution in [2.24, 2.45) is 11.8 Å². The largest absolute Gasteiger partial charge is 0.386 e. The number of esters is 2. The number of cyclic esters (lactones) is 2. The van der Waals surface area contributed by atoms with E-state index >= 15 is 0 Å². The summed E-state index contributed by atoms with van der Waals surface area (Å²) in [5.41, 5.74) is 1.17. The van der Waals surface area contributed by atoms with Crippen molar-refractivity contribution in [3.63, 3.8) is 0 Å². The Bertz CT molecular complexity index is 348. The number of hydrogen-bond acceptors (Lipinski definition) is 4. The van der Waals surface area contributed by atoms with Crippen LogP contribution in [0.3, 0.4) is 0 Å². The molecule has 2 aliphatic heterocycles. The Morgan fingerprint density at radius 1 is 1.12 bits per heavy atom. The Morgan fingerprint density at radius 2 is 1.75 bits per heavy atom. The van der Waals surface area contributed by atoms with Gasteiger partial charge in [0.2, 0.25) is 0 Å². The van der Waals surface area contributed by atoms with Gasteiger partial charge in [-0.05, 0) is 24.7 Å². The number of ether oxygens (including phenoxy) is 2. The minimum atomic E-state index is -0.457. The summed E-state index contributed by atoms with van der Waals surface area (Å²) in [5.74, 6) is -0.732. The molecule has 1 saturated heterocycles. The molecule has 0 bridgehead atoms. The van der Waals surface area contributed by atoms with E-state index in [4.69, 9.17) is 9.47 Å². The molecule has 0 saturated carbocycles. The molecule has 4 nitrogen and oxygen atoms in total. The van der Waals surface area contributed by atoms with E-state index in [9.17, 15) is 9.59 Å². The molecule has 4 heteroatoms. The molecule has 2 aliphatic rings. The predicted octanol–water partition coefficient (Wildman–Crippen LogP) is 1.45. The first-order valence-corrected chi connectivity index (χ1v) is 5.69. The Hall–Kier alpha value is -1.16. The second-order valence-corrected chi connectivity index (χ2v) is 4.55. The van der Waals surface area contributed by atoms with Gasteiger partial charge in [0.1, 0.15) is 0 Å². The van der Waals surface area contributed by atoms with Crippen LogP contribution in [0.1, 0.15) is 26.7 Å². The van der Waals surface area contributed by atoms with E-state index in [1.807, 2.05) is 13.8 Å². The van der Waals surface area contributed by atoms with Crippen LogP contribution in [0.2, 0.25) is 0 Å². The molecule has 0 aromatic heterocycles. The fourth-order valence-corrected chi connectivity index (χ4v) is 2.33. The normalized spacial score (nSPS) is 23.2. The Labute approximate surface area is 94.6 Å². The van der Waals surface area contributed by atoms with Crippen LogP contribution >= 0.6 is 0 Å². The molecule has 0 spiro atoms. The van der Waals surface area contributed by atoms with E-state index in [1.165, 1.54) is 0 Å². The second-order valence-electron chi connectivity index (χ2n) is 4.55. The third kappa shape index (κ3) is 1.89. The summed E-state index contributed by atoms with van der Waals surface area (Å²) in [6.45, 7) is 5.13. The predicted molar refractivity (Wildman–Crippen MR) is 56.5 cm³/mol. The van der Waals surface area contributed by atoms with Crippen molar-refractivity contribution in [2.45, 2.75) is 26.7 Å². The van der Waals surface area contributed by atoms with Gasteiger partial charge < -0.3 is 9.47 Å². The quantitative estimate of drug-likeness (QED) is 0.526. The van der Waals surface area contributed by atoms with Crippen LogP contribution in [0.25, 0.3) is 0 Å². The van der Waals surface area contributed by atoms with Gasteiger partial charge in [-0.15, -0.1) is 0 Å². The monoisotopic (exact) mass is 224 g/mol. The molecule has 88 valence electrons. The summed E-state index contributed by atoms with van der Waals surface area (Å²) in [6.07, 6.45) is 1.60. The van der Waals surface area contributed by atoms with Crippen molar-refractivity contribution in [2.75, 3.05) is 13.2 Å². The molecule has 2 rings (SSSR count). The molecule has 16 heavy (non-hydrogen) atoms. The van der Waals surface area contributed by atoms with Crippen molar-refractivity contribution >= 4 is 11.9 Å². The zero-order chi connectivity index (χ0) is 11.7. The smallest absolute Gasteiger partial charge is 0.342 e. The fourth-order valence-electron chi connectivity index (χ4n) is 2.33. The molecular weight excluding hydrogens is 208 g/mol. The van der Waals surface area contributed by atoms with Gasteiger partial charge in [-0.25, -0.2) is 9.59 Å². The van der Waals surface area contributed by atoms with Gasteiger partial charge >= 0.3 is 11.9 Å². The highest BCUT2D eigenvalue weighted by molar-refractivity contribution is 6.12. The van der Waals surface area contributed by atoms with Crippen molar-refractivity contribution in [1.29, 1.82) is 0 Å². The fraction of sp³-hybridized carbons (Fsp3) is 0.667. The highest BCUT2D eigenvalue weighted by atomic mass is 16.6. The standard InChI is InChI=1S/C12H16O4/c1-7(2)9-10(12(14)16-11(9)13)8-3-5-15-6-4-8/h7-8H,3-6H2,1-2H3. The lowest BCUT2D eigenvalue weighted by Crippen LogP contribution is -2.21. The zero-order valence-corrected chi connectivity index (χ0v) is 9.62. The van der Waals surface area contributed by atoms with Gasteiger partial charge in [-0.3, -0.25) is 0 Å². The van der Waals surface area contributed by atoms with Crippen molar-refractivity contribution < 1.29 is 19.1 Å². The van der Waals surface area contributed by atoms with E-state index in [1.54, 1.807) is 0 Å².